The molecule has 22 heavy (non-hydrogen) atoms. The molecule has 4 nitrogen and oxygen atoms in total. The average Bonchev–Trinajstić information content (AvgIpc) is 2.54. The molecule has 0 radical (unpaired) electrons. The van der Waals surface area contributed by atoms with E-state index in [-0.39, 0.29) is 12.5 Å². The van der Waals surface area contributed by atoms with Crippen LogP contribution in [0, 0.1) is 11.3 Å². The molecule has 1 aromatic carbocycles. The Bertz CT molecular complexity index is 536. The molecule has 1 fully saturated rings. The molecule has 1 saturated carbocycles. The van der Waals surface area contributed by atoms with E-state index in [9.17, 15) is 10.1 Å². The van der Waals surface area contributed by atoms with Crippen molar-refractivity contribution in [3.8, 4) is 6.07 Å². The van der Waals surface area contributed by atoms with Crippen molar-refractivity contribution >= 4 is 11.6 Å². The fourth-order valence-electron chi connectivity index (χ4n) is 2.90. The molecule has 0 unspecified atom stereocenters. The van der Waals surface area contributed by atoms with E-state index in [1.54, 1.807) is 0 Å². The van der Waals surface area contributed by atoms with Gasteiger partial charge in [-0.15, -0.1) is 0 Å². The van der Waals surface area contributed by atoms with Gasteiger partial charge >= 0.3 is 0 Å². The first-order valence-electron chi connectivity index (χ1n) is 8.11. The Hall–Kier alpha value is -2.02. The Balaban J connectivity index is 1.86. The quantitative estimate of drug-likeness (QED) is 0.873. The molecule has 1 aliphatic rings. The Kier molecular flexibility index (Phi) is 5.43. The van der Waals surface area contributed by atoms with Crippen LogP contribution in [-0.4, -0.2) is 18.0 Å². The zero-order chi connectivity index (χ0) is 16.0. The highest BCUT2D eigenvalue weighted by Gasteiger charge is 2.33. The van der Waals surface area contributed by atoms with Gasteiger partial charge in [0.05, 0.1) is 12.6 Å². The summed E-state index contributed by atoms with van der Waals surface area (Å²) in [6.45, 7) is 4.51. The number of nitrogens with one attached hydrogen (secondary N) is 2. The Morgan fingerprint density at radius 1 is 1.23 bits per heavy atom. The van der Waals surface area contributed by atoms with E-state index in [0.717, 1.165) is 37.8 Å². The highest BCUT2D eigenvalue weighted by molar-refractivity contribution is 5.81. The smallest absolute Gasteiger partial charge is 0.240 e. The van der Waals surface area contributed by atoms with Crippen LogP contribution in [0.25, 0.3) is 0 Å². The molecule has 1 aromatic rings. The Morgan fingerprint density at radius 3 is 2.41 bits per heavy atom. The lowest BCUT2D eigenvalue weighted by atomic mass is 9.83. The van der Waals surface area contributed by atoms with Gasteiger partial charge in [0, 0.05) is 5.69 Å². The molecule has 0 atom stereocenters. The molecular weight excluding hydrogens is 274 g/mol. The lowest BCUT2D eigenvalue weighted by Gasteiger charge is -2.31. The lowest BCUT2D eigenvalue weighted by Crippen LogP contribution is -2.50. The molecule has 1 aliphatic carbocycles. The van der Waals surface area contributed by atoms with Crippen LogP contribution < -0.4 is 10.6 Å². The van der Waals surface area contributed by atoms with Crippen LogP contribution in [0.3, 0.4) is 0 Å². The number of nitriles is 1. The van der Waals surface area contributed by atoms with Crippen molar-refractivity contribution in [3.63, 3.8) is 0 Å². The number of amides is 1. The third-order valence-electron chi connectivity index (χ3n) is 4.33. The minimum absolute atomic E-state index is 0.114. The van der Waals surface area contributed by atoms with Gasteiger partial charge in [0.2, 0.25) is 5.91 Å². The van der Waals surface area contributed by atoms with Crippen molar-refractivity contribution in [2.45, 2.75) is 57.4 Å². The van der Waals surface area contributed by atoms with E-state index in [1.807, 2.05) is 12.1 Å². The maximum atomic E-state index is 12.1. The number of rotatable bonds is 5. The van der Waals surface area contributed by atoms with Crippen molar-refractivity contribution in [1.82, 2.24) is 5.32 Å². The second-order valence-electron chi connectivity index (χ2n) is 6.43. The summed E-state index contributed by atoms with van der Waals surface area (Å²) in [5.41, 5.74) is 1.55. The summed E-state index contributed by atoms with van der Waals surface area (Å²) in [4.78, 5) is 12.1. The largest absolute Gasteiger partial charge is 0.376 e. The maximum absolute atomic E-state index is 12.1. The summed E-state index contributed by atoms with van der Waals surface area (Å²) in [5, 5.41) is 15.4. The molecule has 0 bridgehead atoms. The first kappa shape index (κ1) is 16.4. The average molecular weight is 299 g/mol. The number of hydrogen-bond donors (Lipinski definition) is 2. The monoisotopic (exact) mass is 299 g/mol. The number of anilines is 1. The topological polar surface area (TPSA) is 64.9 Å². The normalized spacial score (nSPS) is 16.8. The molecule has 118 valence electrons. The van der Waals surface area contributed by atoms with Gasteiger partial charge < -0.3 is 10.6 Å². The summed E-state index contributed by atoms with van der Waals surface area (Å²) < 4.78 is 0. The standard InChI is InChI=1S/C18H25N3O/c1-14(2)15-6-8-16(9-7-15)20-12-17(22)21-18(13-19)10-4-3-5-11-18/h6-9,14,20H,3-5,10-12H2,1-2H3,(H,21,22). The second-order valence-corrected chi connectivity index (χ2v) is 6.43. The summed E-state index contributed by atoms with van der Waals surface area (Å²) in [7, 11) is 0. The zero-order valence-electron chi connectivity index (χ0n) is 13.5. The van der Waals surface area contributed by atoms with E-state index >= 15 is 0 Å². The SMILES string of the molecule is CC(C)c1ccc(NCC(=O)NC2(C#N)CCCCC2)cc1. The van der Waals surface area contributed by atoms with Gasteiger partial charge in [-0.25, -0.2) is 0 Å². The molecule has 0 heterocycles. The molecule has 0 spiro atoms. The molecule has 0 saturated heterocycles. The van der Waals surface area contributed by atoms with Gasteiger partial charge in [0.25, 0.3) is 0 Å². The van der Waals surface area contributed by atoms with E-state index in [4.69, 9.17) is 0 Å². The van der Waals surface area contributed by atoms with Crippen LogP contribution >= 0.6 is 0 Å². The highest BCUT2D eigenvalue weighted by atomic mass is 16.2. The van der Waals surface area contributed by atoms with Crippen LogP contribution in [0.4, 0.5) is 5.69 Å². The predicted octanol–water partition coefficient (Wildman–Crippen LogP) is 3.56. The number of nitrogens with zero attached hydrogens (tertiary/aromatic N) is 1. The molecule has 4 heteroatoms. The fourth-order valence-corrected chi connectivity index (χ4v) is 2.90. The zero-order valence-corrected chi connectivity index (χ0v) is 13.5. The van der Waals surface area contributed by atoms with Crippen LogP contribution in [-0.2, 0) is 4.79 Å². The third-order valence-corrected chi connectivity index (χ3v) is 4.33. The van der Waals surface area contributed by atoms with Crippen LogP contribution in [0.5, 0.6) is 0 Å². The van der Waals surface area contributed by atoms with E-state index < -0.39 is 5.54 Å². The number of carbonyl (C=O) groups excluding carboxylic acids is 1. The predicted molar refractivity (Wildman–Crippen MR) is 88.6 cm³/mol. The van der Waals surface area contributed by atoms with Gasteiger partial charge in [-0.1, -0.05) is 45.2 Å². The molecule has 0 aliphatic heterocycles. The lowest BCUT2D eigenvalue weighted by molar-refractivity contribution is -0.121. The van der Waals surface area contributed by atoms with E-state index in [2.05, 4.69) is 42.7 Å². The fraction of sp³-hybridized carbons (Fsp3) is 0.556. The number of benzene rings is 1. The minimum atomic E-state index is -0.654. The molecule has 1 amide bonds. The summed E-state index contributed by atoms with van der Waals surface area (Å²) >= 11 is 0. The number of carbonyl (C=O) groups is 1. The van der Waals surface area contributed by atoms with Crippen molar-refractivity contribution in [2.24, 2.45) is 0 Å². The molecule has 2 rings (SSSR count). The summed E-state index contributed by atoms with van der Waals surface area (Å²) in [5.74, 6) is 0.385. The van der Waals surface area contributed by atoms with Gasteiger partial charge in [0.1, 0.15) is 5.54 Å². The molecule has 2 N–H and O–H groups in total. The van der Waals surface area contributed by atoms with Crippen molar-refractivity contribution in [2.75, 3.05) is 11.9 Å². The Labute approximate surface area is 132 Å². The van der Waals surface area contributed by atoms with Crippen molar-refractivity contribution in [3.05, 3.63) is 29.8 Å². The van der Waals surface area contributed by atoms with Gasteiger partial charge in [0.15, 0.2) is 0 Å². The van der Waals surface area contributed by atoms with Crippen LogP contribution in [0.1, 0.15) is 57.4 Å². The molecular formula is C18H25N3O. The Morgan fingerprint density at radius 2 is 1.86 bits per heavy atom. The third kappa shape index (κ3) is 4.24. The van der Waals surface area contributed by atoms with Crippen LogP contribution in [0.15, 0.2) is 24.3 Å². The van der Waals surface area contributed by atoms with Gasteiger partial charge in [-0.3, -0.25) is 4.79 Å². The highest BCUT2D eigenvalue weighted by Crippen LogP contribution is 2.27. The van der Waals surface area contributed by atoms with Crippen molar-refractivity contribution < 1.29 is 4.79 Å². The van der Waals surface area contributed by atoms with Crippen LogP contribution in [0.2, 0.25) is 0 Å². The minimum Gasteiger partial charge on any atom is -0.376 e. The first-order chi connectivity index (χ1) is 10.5. The van der Waals surface area contributed by atoms with Gasteiger partial charge in [-0.05, 0) is 36.5 Å². The first-order valence-corrected chi connectivity index (χ1v) is 8.11. The molecule has 0 aromatic heterocycles. The van der Waals surface area contributed by atoms with Crippen molar-refractivity contribution in [1.29, 1.82) is 5.26 Å². The second kappa shape index (κ2) is 7.31. The van der Waals surface area contributed by atoms with Gasteiger partial charge in [-0.2, -0.15) is 5.26 Å². The summed E-state index contributed by atoms with van der Waals surface area (Å²) in [6.07, 6.45) is 4.70. The summed E-state index contributed by atoms with van der Waals surface area (Å²) in [6, 6.07) is 10.4. The maximum Gasteiger partial charge on any atom is 0.240 e. The van der Waals surface area contributed by atoms with E-state index in [0.29, 0.717) is 5.92 Å². The van der Waals surface area contributed by atoms with E-state index in [1.165, 1.54) is 5.56 Å². The number of hydrogen-bond acceptors (Lipinski definition) is 3.